The summed E-state index contributed by atoms with van der Waals surface area (Å²) < 4.78 is 19.3. The van der Waals surface area contributed by atoms with E-state index in [2.05, 4.69) is 15.9 Å². The van der Waals surface area contributed by atoms with E-state index in [0.717, 1.165) is 24.3 Å². The molecule has 2 rings (SSSR count). The number of hydrogen-bond donors (Lipinski definition) is 1. The maximum Gasteiger partial charge on any atom is 0.339 e. The lowest BCUT2D eigenvalue weighted by Gasteiger charge is -2.09. The fourth-order valence-corrected chi connectivity index (χ4v) is 1.90. The van der Waals surface area contributed by atoms with Crippen LogP contribution in [0.15, 0.2) is 40.9 Å². The van der Waals surface area contributed by atoms with Crippen LogP contribution in [0.25, 0.3) is 0 Å². The number of halogens is 2. The van der Waals surface area contributed by atoms with Gasteiger partial charge in [0.25, 0.3) is 5.69 Å². The number of nitro benzene ring substituents is 1. The van der Waals surface area contributed by atoms with Crippen LogP contribution in [-0.4, -0.2) is 16.0 Å². The molecule has 0 fully saturated rings. The predicted octanol–water partition coefficient (Wildman–Crippen LogP) is 3.99. The van der Waals surface area contributed by atoms with Crippen LogP contribution in [0, 0.1) is 15.9 Å². The third kappa shape index (κ3) is 3.34. The molecule has 0 bridgehead atoms. The van der Waals surface area contributed by atoms with Crippen LogP contribution in [0.4, 0.5) is 10.1 Å². The summed E-state index contributed by atoms with van der Waals surface area (Å²) in [5.41, 5.74) is -0.657. The zero-order chi connectivity index (χ0) is 15.6. The average molecular weight is 356 g/mol. The van der Waals surface area contributed by atoms with Gasteiger partial charge in [0, 0.05) is 10.5 Å². The molecular formula is C13H7BrFNO5. The molecule has 2 aromatic rings. The minimum Gasteiger partial charge on any atom is -0.478 e. The topological polar surface area (TPSA) is 89.7 Å². The Kier molecular flexibility index (Phi) is 4.18. The number of carboxylic acids is 1. The van der Waals surface area contributed by atoms with Crippen molar-refractivity contribution >= 4 is 27.6 Å². The first-order valence-electron chi connectivity index (χ1n) is 5.53. The molecule has 21 heavy (non-hydrogen) atoms. The van der Waals surface area contributed by atoms with Gasteiger partial charge in [-0.1, -0.05) is 15.9 Å². The molecule has 0 aliphatic rings. The van der Waals surface area contributed by atoms with Crippen LogP contribution in [0.2, 0.25) is 0 Å². The molecule has 108 valence electrons. The van der Waals surface area contributed by atoms with Crippen molar-refractivity contribution in [2.75, 3.05) is 0 Å². The van der Waals surface area contributed by atoms with Crippen LogP contribution in [0.1, 0.15) is 10.4 Å². The second-order valence-electron chi connectivity index (χ2n) is 3.92. The van der Waals surface area contributed by atoms with Gasteiger partial charge in [-0.15, -0.1) is 0 Å². The average Bonchev–Trinajstić information content (AvgIpc) is 2.41. The molecular weight excluding hydrogens is 349 g/mol. The van der Waals surface area contributed by atoms with E-state index in [4.69, 9.17) is 9.84 Å². The molecule has 0 aliphatic carbocycles. The molecule has 0 unspecified atom stereocenters. The second kappa shape index (κ2) is 5.88. The molecule has 0 heterocycles. The highest BCUT2D eigenvalue weighted by molar-refractivity contribution is 9.10. The quantitative estimate of drug-likeness (QED) is 0.661. The highest BCUT2D eigenvalue weighted by atomic mass is 79.9. The third-order valence-electron chi connectivity index (χ3n) is 2.52. The Morgan fingerprint density at radius 2 is 1.95 bits per heavy atom. The van der Waals surface area contributed by atoms with Gasteiger partial charge in [-0.05, 0) is 24.3 Å². The minimum absolute atomic E-state index is 0.235. The standard InChI is InChI=1S/C13H7BrFNO5/c14-7-1-4-11(10(15)5-7)21-12-6-8(16(19)20)2-3-9(12)13(17)18/h1-6H,(H,17,18). The number of aromatic carboxylic acids is 1. The summed E-state index contributed by atoms with van der Waals surface area (Å²) in [5.74, 6) is -2.61. The summed E-state index contributed by atoms with van der Waals surface area (Å²) in [7, 11) is 0. The van der Waals surface area contributed by atoms with Crippen molar-refractivity contribution in [3.05, 3.63) is 62.4 Å². The van der Waals surface area contributed by atoms with Gasteiger partial charge in [-0.2, -0.15) is 0 Å². The number of hydrogen-bond acceptors (Lipinski definition) is 4. The lowest BCUT2D eigenvalue weighted by Crippen LogP contribution is -2.02. The molecule has 0 aromatic heterocycles. The van der Waals surface area contributed by atoms with Crippen molar-refractivity contribution in [2.24, 2.45) is 0 Å². The van der Waals surface area contributed by atoms with E-state index in [9.17, 15) is 19.3 Å². The normalized spacial score (nSPS) is 10.2. The van der Waals surface area contributed by atoms with Crippen molar-refractivity contribution in [1.82, 2.24) is 0 Å². The van der Waals surface area contributed by atoms with E-state index in [0.29, 0.717) is 4.47 Å². The van der Waals surface area contributed by atoms with Crippen LogP contribution < -0.4 is 4.74 Å². The Morgan fingerprint density at radius 3 is 2.52 bits per heavy atom. The number of non-ortho nitro benzene ring substituents is 1. The van der Waals surface area contributed by atoms with Crippen molar-refractivity contribution in [2.45, 2.75) is 0 Å². The van der Waals surface area contributed by atoms with Gasteiger partial charge in [0.05, 0.1) is 11.0 Å². The van der Waals surface area contributed by atoms with Crippen molar-refractivity contribution in [3.63, 3.8) is 0 Å². The number of carbonyl (C=O) groups is 1. The Hall–Kier alpha value is -2.48. The molecule has 0 radical (unpaired) electrons. The van der Waals surface area contributed by atoms with Crippen LogP contribution in [0.3, 0.4) is 0 Å². The van der Waals surface area contributed by atoms with E-state index in [1.54, 1.807) is 0 Å². The van der Waals surface area contributed by atoms with Gasteiger partial charge < -0.3 is 9.84 Å². The maximum atomic E-state index is 13.7. The zero-order valence-corrected chi connectivity index (χ0v) is 11.8. The number of nitrogens with zero attached hydrogens (tertiary/aromatic N) is 1. The van der Waals surface area contributed by atoms with Crippen molar-refractivity contribution < 1.29 is 24.0 Å². The van der Waals surface area contributed by atoms with Crippen molar-refractivity contribution in [1.29, 1.82) is 0 Å². The van der Waals surface area contributed by atoms with Gasteiger partial charge in [-0.3, -0.25) is 10.1 Å². The molecule has 2 aromatic carbocycles. The van der Waals surface area contributed by atoms with Gasteiger partial charge >= 0.3 is 5.97 Å². The van der Waals surface area contributed by atoms with E-state index in [1.807, 2.05) is 0 Å². The van der Waals surface area contributed by atoms with Gasteiger partial charge in [-0.25, -0.2) is 9.18 Å². The van der Waals surface area contributed by atoms with E-state index in [1.165, 1.54) is 12.1 Å². The highest BCUT2D eigenvalue weighted by Crippen LogP contribution is 2.31. The fraction of sp³-hybridized carbons (Fsp3) is 0. The molecule has 0 saturated heterocycles. The fourth-order valence-electron chi connectivity index (χ4n) is 1.56. The molecule has 0 atom stereocenters. The summed E-state index contributed by atoms with van der Waals surface area (Å²) in [6, 6.07) is 6.92. The number of rotatable bonds is 4. The Bertz CT molecular complexity index is 734. The number of benzene rings is 2. The second-order valence-corrected chi connectivity index (χ2v) is 4.84. The molecule has 6 nitrogen and oxygen atoms in total. The monoisotopic (exact) mass is 355 g/mol. The SMILES string of the molecule is O=C(O)c1ccc([N+](=O)[O-])cc1Oc1ccc(Br)cc1F. The first-order chi connectivity index (χ1) is 9.88. The van der Waals surface area contributed by atoms with Crippen LogP contribution in [0.5, 0.6) is 11.5 Å². The largest absolute Gasteiger partial charge is 0.478 e. The molecule has 0 aliphatic heterocycles. The van der Waals surface area contributed by atoms with E-state index in [-0.39, 0.29) is 22.7 Å². The number of carboxylic acid groups (broad SMARTS) is 1. The summed E-state index contributed by atoms with van der Waals surface area (Å²) in [6.45, 7) is 0. The first-order valence-corrected chi connectivity index (χ1v) is 6.32. The van der Waals surface area contributed by atoms with E-state index < -0.39 is 16.7 Å². The maximum absolute atomic E-state index is 13.7. The molecule has 0 amide bonds. The summed E-state index contributed by atoms with van der Waals surface area (Å²) in [4.78, 5) is 21.1. The molecule has 1 N–H and O–H groups in total. The molecule has 0 saturated carbocycles. The predicted molar refractivity (Wildman–Crippen MR) is 74.2 cm³/mol. The zero-order valence-electron chi connectivity index (χ0n) is 10.2. The number of ether oxygens (including phenoxy) is 1. The summed E-state index contributed by atoms with van der Waals surface area (Å²) in [5, 5.41) is 19.8. The molecule has 0 spiro atoms. The van der Waals surface area contributed by atoms with Gasteiger partial charge in [0.1, 0.15) is 11.3 Å². The highest BCUT2D eigenvalue weighted by Gasteiger charge is 2.18. The summed E-state index contributed by atoms with van der Waals surface area (Å²) >= 11 is 3.07. The Balaban J connectivity index is 2.48. The number of nitro groups is 1. The Morgan fingerprint density at radius 1 is 1.24 bits per heavy atom. The van der Waals surface area contributed by atoms with Gasteiger partial charge in [0.2, 0.25) is 0 Å². The van der Waals surface area contributed by atoms with Gasteiger partial charge in [0.15, 0.2) is 11.6 Å². The minimum atomic E-state index is -1.34. The smallest absolute Gasteiger partial charge is 0.339 e. The Labute approximate surface area is 126 Å². The van der Waals surface area contributed by atoms with E-state index >= 15 is 0 Å². The van der Waals surface area contributed by atoms with Crippen LogP contribution in [-0.2, 0) is 0 Å². The third-order valence-corrected chi connectivity index (χ3v) is 3.01. The van der Waals surface area contributed by atoms with Crippen molar-refractivity contribution in [3.8, 4) is 11.5 Å². The first kappa shape index (κ1) is 14.9. The summed E-state index contributed by atoms with van der Waals surface area (Å²) in [6.07, 6.45) is 0. The lowest BCUT2D eigenvalue weighted by molar-refractivity contribution is -0.384. The lowest BCUT2D eigenvalue weighted by atomic mass is 10.2. The molecule has 8 heteroatoms. The van der Waals surface area contributed by atoms with Crippen LogP contribution >= 0.6 is 15.9 Å².